The van der Waals surface area contributed by atoms with Crippen LogP contribution >= 0.6 is 23.2 Å². The quantitative estimate of drug-likeness (QED) is 0.287. The van der Waals surface area contributed by atoms with Gasteiger partial charge in [-0.2, -0.15) is 0 Å². The first kappa shape index (κ1) is 25.4. The number of fused-ring (bicyclic) bond motifs is 1. The number of methoxy groups -OCH3 is 1. The van der Waals surface area contributed by atoms with Gasteiger partial charge >= 0.3 is 5.97 Å². The van der Waals surface area contributed by atoms with Crippen molar-refractivity contribution in [1.29, 1.82) is 0 Å². The molecule has 3 aromatic rings. The predicted molar refractivity (Wildman–Crippen MR) is 148 cm³/mol. The molecule has 6 nitrogen and oxygen atoms in total. The summed E-state index contributed by atoms with van der Waals surface area (Å²) in [5.74, 6) is -0.981. The molecule has 192 valence electrons. The fourth-order valence-corrected chi connectivity index (χ4v) is 6.01. The molecule has 0 spiro atoms. The minimum absolute atomic E-state index is 0.131. The fourth-order valence-electron chi connectivity index (χ4n) is 5.65. The van der Waals surface area contributed by atoms with E-state index < -0.39 is 17.6 Å². The molecule has 2 aliphatic rings. The molecule has 1 aliphatic heterocycles. The van der Waals surface area contributed by atoms with Gasteiger partial charge in [-0.1, -0.05) is 66.7 Å². The summed E-state index contributed by atoms with van der Waals surface area (Å²) in [4.78, 5) is 26.2. The maximum atomic E-state index is 14.3. The summed E-state index contributed by atoms with van der Waals surface area (Å²) >= 11 is 12.7. The van der Waals surface area contributed by atoms with Crippen molar-refractivity contribution in [2.75, 3.05) is 23.1 Å². The summed E-state index contributed by atoms with van der Waals surface area (Å²) in [7, 11) is 1.32. The topological polar surface area (TPSA) is 79.5 Å². The molecule has 1 saturated carbocycles. The number of ether oxygens (including phenoxy) is 1. The Labute approximate surface area is 226 Å². The lowest BCUT2D eigenvalue weighted by Crippen LogP contribution is -2.54. The van der Waals surface area contributed by atoms with Crippen LogP contribution in [-0.4, -0.2) is 19.0 Å². The summed E-state index contributed by atoms with van der Waals surface area (Å²) in [6.07, 6.45) is 5.21. The molecule has 1 fully saturated rings. The Hall–Kier alpha value is -3.22. The van der Waals surface area contributed by atoms with E-state index in [1.54, 1.807) is 12.1 Å². The molecule has 37 heavy (non-hydrogen) atoms. The van der Waals surface area contributed by atoms with Gasteiger partial charge in [-0.15, -0.1) is 0 Å². The highest BCUT2D eigenvalue weighted by Gasteiger charge is 2.51. The maximum absolute atomic E-state index is 14.3. The van der Waals surface area contributed by atoms with Crippen LogP contribution in [0.3, 0.4) is 0 Å². The molecule has 0 aromatic heterocycles. The molecular formula is C29H29Cl2N3O3. The Morgan fingerprint density at radius 1 is 0.946 bits per heavy atom. The van der Waals surface area contributed by atoms with Crippen LogP contribution in [0.4, 0.5) is 17.1 Å². The fraction of sp³-hybridized carbons (Fsp3) is 0.310. The number of hydrogen-bond acceptors (Lipinski definition) is 5. The van der Waals surface area contributed by atoms with E-state index in [1.165, 1.54) is 19.6 Å². The largest absolute Gasteiger partial charge is 0.465 e. The van der Waals surface area contributed by atoms with E-state index >= 15 is 0 Å². The highest BCUT2D eigenvalue weighted by molar-refractivity contribution is 6.34. The SMILES string of the molecule is COC(=O)c1ccc(NC(=O)C(C2CCCCC2)C2(c3ccc(Cl)cc3)Nc3ccccc3N2)c(Cl)c1. The maximum Gasteiger partial charge on any atom is 0.337 e. The van der Waals surface area contributed by atoms with Gasteiger partial charge in [0.1, 0.15) is 5.66 Å². The lowest BCUT2D eigenvalue weighted by atomic mass is 9.71. The zero-order chi connectivity index (χ0) is 26.0. The standard InChI is InChI=1S/C29H29Cl2N3O3/c1-37-28(36)19-11-16-23(22(31)17-19)32-27(35)26(18-7-3-2-4-8-18)29(20-12-14-21(30)15-13-20)33-24-9-5-6-10-25(24)34-29/h5-6,9-18,26,33-34H,2-4,7-8H2,1H3,(H,32,35). The third-order valence-electron chi connectivity index (χ3n) is 7.41. The summed E-state index contributed by atoms with van der Waals surface area (Å²) in [6, 6.07) is 20.4. The van der Waals surface area contributed by atoms with Crippen LogP contribution < -0.4 is 16.0 Å². The van der Waals surface area contributed by atoms with E-state index in [1.807, 2.05) is 48.5 Å². The molecule has 8 heteroatoms. The third-order valence-corrected chi connectivity index (χ3v) is 7.97. The number of nitrogens with one attached hydrogen (secondary N) is 3. The van der Waals surface area contributed by atoms with Gasteiger partial charge in [-0.25, -0.2) is 4.79 Å². The van der Waals surface area contributed by atoms with Crippen molar-refractivity contribution in [3.8, 4) is 0 Å². The molecule has 5 rings (SSSR count). The molecule has 1 heterocycles. The average Bonchev–Trinajstić information content (AvgIpc) is 3.30. The van der Waals surface area contributed by atoms with Crippen molar-refractivity contribution in [3.63, 3.8) is 0 Å². The second kappa shape index (κ2) is 10.6. The van der Waals surface area contributed by atoms with E-state index in [2.05, 4.69) is 16.0 Å². The number of carbonyl (C=O) groups is 2. The number of hydrogen-bond donors (Lipinski definition) is 3. The molecular weight excluding hydrogens is 509 g/mol. The lowest BCUT2D eigenvalue weighted by Gasteiger charge is -2.43. The van der Waals surface area contributed by atoms with E-state index in [0.717, 1.165) is 42.6 Å². The van der Waals surface area contributed by atoms with E-state index in [-0.39, 0.29) is 16.8 Å². The Morgan fingerprint density at radius 3 is 2.19 bits per heavy atom. The van der Waals surface area contributed by atoms with Crippen LogP contribution in [0.1, 0.15) is 48.0 Å². The highest BCUT2D eigenvalue weighted by atomic mass is 35.5. The molecule has 0 saturated heterocycles. The number of benzene rings is 3. The van der Waals surface area contributed by atoms with E-state index in [4.69, 9.17) is 27.9 Å². The number of para-hydroxylation sites is 2. The van der Waals surface area contributed by atoms with Crippen molar-refractivity contribution in [2.24, 2.45) is 11.8 Å². The van der Waals surface area contributed by atoms with Gasteiger partial charge < -0.3 is 20.7 Å². The Bertz CT molecular complexity index is 1280. The number of halogens is 2. The van der Waals surface area contributed by atoms with E-state index in [9.17, 15) is 9.59 Å². The first-order chi connectivity index (χ1) is 17.9. The first-order valence-corrected chi connectivity index (χ1v) is 13.3. The van der Waals surface area contributed by atoms with Gasteiger partial charge in [0, 0.05) is 5.02 Å². The molecule has 1 atom stereocenters. The van der Waals surface area contributed by atoms with Crippen LogP contribution in [-0.2, 0) is 15.2 Å². The molecule has 3 aromatic carbocycles. The van der Waals surface area contributed by atoms with Gasteiger partial charge in [-0.3, -0.25) is 4.79 Å². The van der Waals surface area contributed by atoms with Gasteiger partial charge in [-0.05, 0) is 66.8 Å². The first-order valence-electron chi connectivity index (χ1n) is 12.5. The Kier molecular flexibility index (Phi) is 7.31. The molecule has 3 N–H and O–H groups in total. The minimum Gasteiger partial charge on any atom is -0.465 e. The summed E-state index contributed by atoms with van der Waals surface area (Å²) in [5.41, 5.74) is 2.67. The number of anilines is 3. The number of carbonyl (C=O) groups excluding carboxylic acids is 2. The van der Waals surface area contributed by atoms with Crippen molar-refractivity contribution < 1.29 is 14.3 Å². The van der Waals surface area contributed by atoms with Gasteiger partial charge in [0.05, 0.1) is 40.7 Å². The summed E-state index contributed by atoms with van der Waals surface area (Å²) in [6.45, 7) is 0. The molecule has 0 radical (unpaired) electrons. The van der Waals surface area contributed by atoms with Crippen molar-refractivity contribution in [3.05, 3.63) is 87.9 Å². The second-order valence-corrected chi connectivity index (χ2v) is 10.5. The smallest absolute Gasteiger partial charge is 0.337 e. The van der Waals surface area contributed by atoms with Crippen LogP contribution in [0.2, 0.25) is 10.0 Å². The van der Waals surface area contributed by atoms with Gasteiger partial charge in [0.25, 0.3) is 0 Å². The zero-order valence-electron chi connectivity index (χ0n) is 20.5. The van der Waals surface area contributed by atoms with Crippen LogP contribution in [0.5, 0.6) is 0 Å². The predicted octanol–water partition coefficient (Wildman–Crippen LogP) is 7.31. The van der Waals surface area contributed by atoms with Gasteiger partial charge in [0.15, 0.2) is 0 Å². The number of rotatable bonds is 6. The average molecular weight is 538 g/mol. The molecule has 1 aliphatic carbocycles. The monoisotopic (exact) mass is 537 g/mol. The van der Waals surface area contributed by atoms with Crippen molar-refractivity contribution in [2.45, 2.75) is 37.8 Å². The minimum atomic E-state index is -0.890. The Morgan fingerprint density at radius 2 is 1.59 bits per heavy atom. The molecule has 1 unspecified atom stereocenters. The Balaban J connectivity index is 1.56. The lowest BCUT2D eigenvalue weighted by molar-refractivity contribution is -0.124. The zero-order valence-corrected chi connectivity index (χ0v) is 22.0. The van der Waals surface area contributed by atoms with Crippen LogP contribution in [0, 0.1) is 11.8 Å². The summed E-state index contributed by atoms with van der Waals surface area (Å²) in [5, 5.41) is 11.3. The third kappa shape index (κ3) is 5.00. The summed E-state index contributed by atoms with van der Waals surface area (Å²) < 4.78 is 4.79. The normalized spacial score (nSPS) is 17.2. The van der Waals surface area contributed by atoms with Crippen LogP contribution in [0.25, 0.3) is 0 Å². The highest BCUT2D eigenvalue weighted by Crippen LogP contribution is 2.49. The van der Waals surface area contributed by atoms with E-state index in [0.29, 0.717) is 16.3 Å². The second-order valence-electron chi connectivity index (χ2n) is 9.66. The molecule has 1 amide bonds. The number of esters is 1. The van der Waals surface area contributed by atoms with Gasteiger partial charge in [0.2, 0.25) is 5.91 Å². The van der Waals surface area contributed by atoms with Crippen molar-refractivity contribution >= 4 is 52.1 Å². The van der Waals surface area contributed by atoms with Crippen LogP contribution in [0.15, 0.2) is 66.7 Å². The number of amides is 1. The van der Waals surface area contributed by atoms with Crippen molar-refractivity contribution in [1.82, 2.24) is 0 Å². The molecule has 0 bridgehead atoms.